The minimum absolute atomic E-state index is 0.294. The van der Waals surface area contributed by atoms with E-state index in [0.717, 1.165) is 31.6 Å². The third-order valence-corrected chi connectivity index (χ3v) is 3.44. The molecule has 1 unspecified atom stereocenters. The van der Waals surface area contributed by atoms with Gasteiger partial charge in [-0.15, -0.1) is 0 Å². The van der Waals surface area contributed by atoms with Crippen molar-refractivity contribution in [3.05, 3.63) is 17.7 Å². The first-order valence-corrected chi connectivity index (χ1v) is 6.44. The molecule has 19 heavy (non-hydrogen) atoms. The number of hydrogen-bond acceptors (Lipinski definition) is 5. The maximum Gasteiger partial charge on any atom is 0.203 e. The number of nitrogens with zero attached hydrogens (tertiary/aromatic N) is 1. The van der Waals surface area contributed by atoms with Crippen LogP contribution in [0.15, 0.2) is 12.1 Å². The topological polar surface area (TPSA) is 57.0 Å². The van der Waals surface area contributed by atoms with Crippen molar-refractivity contribution in [3.63, 3.8) is 0 Å². The van der Waals surface area contributed by atoms with Crippen molar-refractivity contribution in [2.24, 2.45) is 5.73 Å². The SMILES string of the molecule is COc1cc(CN2CCC(N)C2)cc(OC)c1OC. The monoisotopic (exact) mass is 266 g/mol. The fourth-order valence-corrected chi connectivity index (χ4v) is 2.49. The van der Waals surface area contributed by atoms with Crippen LogP contribution in [0, 0.1) is 0 Å². The predicted octanol–water partition coefficient (Wildman–Crippen LogP) is 1.25. The summed E-state index contributed by atoms with van der Waals surface area (Å²) in [5, 5.41) is 0. The Kier molecular flexibility index (Phi) is 4.50. The van der Waals surface area contributed by atoms with Gasteiger partial charge in [0.2, 0.25) is 5.75 Å². The molecule has 0 spiro atoms. The van der Waals surface area contributed by atoms with Crippen LogP contribution < -0.4 is 19.9 Å². The van der Waals surface area contributed by atoms with E-state index in [-0.39, 0.29) is 0 Å². The summed E-state index contributed by atoms with van der Waals surface area (Å²) >= 11 is 0. The highest BCUT2D eigenvalue weighted by atomic mass is 16.5. The van der Waals surface area contributed by atoms with E-state index in [2.05, 4.69) is 4.90 Å². The molecule has 106 valence electrons. The molecule has 5 heteroatoms. The lowest BCUT2D eigenvalue weighted by molar-refractivity contribution is 0.312. The second kappa shape index (κ2) is 6.12. The molecule has 0 amide bonds. The molecule has 1 heterocycles. The van der Waals surface area contributed by atoms with Crippen molar-refractivity contribution >= 4 is 0 Å². The van der Waals surface area contributed by atoms with Gasteiger partial charge in [-0.1, -0.05) is 0 Å². The molecule has 0 aliphatic carbocycles. The minimum atomic E-state index is 0.294. The summed E-state index contributed by atoms with van der Waals surface area (Å²) in [7, 11) is 4.87. The standard InChI is InChI=1S/C14H22N2O3/c1-17-12-6-10(7-13(18-2)14(12)19-3)8-16-5-4-11(15)9-16/h6-7,11H,4-5,8-9,15H2,1-3H3. The average Bonchev–Trinajstić information content (AvgIpc) is 2.82. The maximum absolute atomic E-state index is 5.93. The van der Waals surface area contributed by atoms with Gasteiger partial charge in [0.1, 0.15) is 0 Å². The van der Waals surface area contributed by atoms with Gasteiger partial charge < -0.3 is 19.9 Å². The van der Waals surface area contributed by atoms with E-state index in [0.29, 0.717) is 23.3 Å². The molecule has 5 nitrogen and oxygen atoms in total. The van der Waals surface area contributed by atoms with E-state index in [1.54, 1.807) is 21.3 Å². The van der Waals surface area contributed by atoms with Crippen molar-refractivity contribution in [2.45, 2.75) is 19.0 Å². The van der Waals surface area contributed by atoms with Gasteiger partial charge in [0.25, 0.3) is 0 Å². The number of nitrogens with two attached hydrogens (primary N) is 1. The molecule has 0 aromatic heterocycles. The first-order chi connectivity index (χ1) is 9.17. The molecular formula is C14H22N2O3. The van der Waals surface area contributed by atoms with Gasteiger partial charge in [0, 0.05) is 25.7 Å². The Hall–Kier alpha value is -1.46. The Bertz CT molecular complexity index is 412. The van der Waals surface area contributed by atoms with Crippen LogP contribution in [0.5, 0.6) is 17.2 Å². The van der Waals surface area contributed by atoms with Crippen molar-refractivity contribution in [2.75, 3.05) is 34.4 Å². The molecule has 1 saturated heterocycles. The van der Waals surface area contributed by atoms with E-state index < -0.39 is 0 Å². The quantitative estimate of drug-likeness (QED) is 0.869. The molecule has 1 fully saturated rings. The number of rotatable bonds is 5. The molecule has 1 atom stereocenters. The highest BCUT2D eigenvalue weighted by Gasteiger charge is 2.20. The summed E-state index contributed by atoms with van der Waals surface area (Å²) in [6.07, 6.45) is 1.06. The van der Waals surface area contributed by atoms with Crippen LogP contribution in [0.3, 0.4) is 0 Å². The van der Waals surface area contributed by atoms with Crippen molar-refractivity contribution < 1.29 is 14.2 Å². The predicted molar refractivity (Wildman–Crippen MR) is 74.0 cm³/mol. The second-order valence-electron chi connectivity index (χ2n) is 4.82. The lowest BCUT2D eigenvalue weighted by Gasteiger charge is -2.18. The zero-order valence-corrected chi connectivity index (χ0v) is 11.8. The van der Waals surface area contributed by atoms with Crippen LogP contribution in [0.2, 0.25) is 0 Å². The van der Waals surface area contributed by atoms with Gasteiger partial charge in [-0.05, 0) is 24.1 Å². The van der Waals surface area contributed by atoms with Crippen LogP contribution in [0.4, 0.5) is 0 Å². The van der Waals surface area contributed by atoms with Crippen LogP contribution >= 0.6 is 0 Å². The first-order valence-electron chi connectivity index (χ1n) is 6.44. The molecule has 0 radical (unpaired) electrons. The van der Waals surface area contributed by atoms with E-state index in [9.17, 15) is 0 Å². The lowest BCUT2D eigenvalue weighted by Crippen LogP contribution is -2.26. The van der Waals surface area contributed by atoms with Gasteiger partial charge in [-0.3, -0.25) is 4.90 Å². The summed E-state index contributed by atoms with van der Waals surface area (Å²) in [6, 6.07) is 4.28. The van der Waals surface area contributed by atoms with E-state index in [1.165, 1.54) is 0 Å². The Balaban J connectivity index is 2.21. The van der Waals surface area contributed by atoms with Crippen molar-refractivity contribution in [1.29, 1.82) is 0 Å². The number of hydrogen-bond donors (Lipinski definition) is 1. The highest BCUT2D eigenvalue weighted by molar-refractivity contribution is 5.53. The zero-order chi connectivity index (χ0) is 13.8. The molecule has 1 aliphatic heterocycles. The molecule has 2 N–H and O–H groups in total. The summed E-state index contributed by atoms with van der Waals surface area (Å²) in [5.74, 6) is 2.02. The third kappa shape index (κ3) is 3.11. The van der Waals surface area contributed by atoms with Gasteiger partial charge in [-0.2, -0.15) is 0 Å². The van der Waals surface area contributed by atoms with Gasteiger partial charge in [-0.25, -0.2) is 0 Å². The van der Waals surface area contributed by atoms with Gasteiger partial charge in [0.15, 0.2) is 11.5 Å². The van der Waals surface area contributed by atoms with E-state index in [1.807, 2.05) is 12.1 Å². The Labute approximate surface area is 114 Å². The lowest BCUT2D eigenvalue weighted by atomic mass is 10.1. The number of benzene rings is 1. The summed E-state index contributed by atoms with van der Waals surface area (Å²) < 4.78 is 16.0. The number of likely N-dealkylation sites (tertiary alicyclic amines) is 1. The zero-order valence-electron chi connectivity index (χ0n) is 11.8. The van der Waals surface area contributed by atoms with Crippen LogP contribution in [0.1, 0.15) is 12.0 Å². The van der Waals surface area contributed by atoms with Gasteiger partial charge in [0.05, 0.1) is 21.3 Å². The largest absolute Gasteiger partial charge is 0.493 e. The third-order valence-electron chi connectivity index (χ3n) is 3.44. The summed E-state index contributed by atoms with van der Waals surface area (Å²) in [6.45, 7) is 2.83. The first kappa shape index (κ1) is 14.0. The normalized spacial score (nSPS) is 19.5. The molecular weight excluding hydrogens is 244 g/mol. The van der Waals surface area contributed by atoms with Crippen LogP contribution in [-0.2, 0) is 6.54 Å². The fraction of sp³-hybridized carbons (Fsp3) is 0.571. The van der Waals surface area contributed by atoms with Crippen LogP contribution in [0.25, 0.3) is 0 Å². The molecule has 1 aromatic rings. The summed E-state index contributed by atoms with van der Waals surface area (Å²) in [4.78, 5) is 2.34. The molecule has 1 aliphatic rings. The Morgan fingerprint density at radius 2 is 1.79 bits per heavy atom. The minimum Gasteiger partial charge on any atom is -0.493 e. The Morgan fingerprint density at radius 3 is 2.21 bits per heavy atom. The highest BCUT2D eigenvalue weighted by Crippen LogP contribution is 2.38. The van der Waals surface area contributed by atoms with E-state index >= 15 is 0 Å². The average molecular weight is 266 g/mol. The van der Waals surface area contributed by atoms with Gasteiger partial charge >= 0.3 is 0 Å². The van der Waals surface area contributed by atoms with Crippen molar-refractivity contribution in [3.8, 4) is 17.2 Å². The summed E-state index contributed by atoms with van der Waals surface area (Å²) in [5.41, 5.74) is 7.07. The smallest absolute Gasteiger partial charge is 0.203 e. The fourth-order valence-electron chi connectivity index (χ4n) is 2.49. The number of ether oxygens (including phenoxy) is 3. The maximum atomic E-state index is 5.93. The van der Waals surface area contributed by atoms with Crippen molar-refractivity contribution in [1.82, 2.24) is 4.90 Å². The second-order valence-corrected chi connectivity index (χ2v) is 4.82. The van der Waals surface area contributed by atoms with Crippen LogP contribution in [-0.4, -0.2) is 45.4 Å². The molecule has 2 rings (SSSR count). The molecule has 0 saturated carbocycles. The van der Waals surface area contributed by atoms with E-state index in [4.69, 9.17) is 19.9 Å². The Morgan fingerprint density at radius 1 is 1.16 bits per heavy atom. The molecule has 0 bridgehead atoms. The number of methoxy groups -OCH3 is 3. The molecule has 1 aromatic carbocycles.